The normalized spacial score (nSPS) is 23.9. The van der Waals surface area contributed by atoms with Crippen molar-refractivity contribution in [2.75, 3.05) is 6.61 Å². The first kappa shape index (κ1) is 28.9. The van der Waals surface area contributed by atoms with Crippen LogP contribution in [0.25, 0.3) is 0 Å². The number of alkyl halides is 3. The minimum atomic E-state index is -4.49. The molecule has 0 spiro atoms. The van der Waals surface area contributed by atoms with E-state index in [4.69, 9.17) is 9.47 Å². The van der Waals surface area contributed by atoms with E-state index in [9.17, 15) is 33.3 Å². The number of aliphatic hydroxyl groups excluding tert-OH is 3. The number of rotatable bonds is 12. The Morgan fingerprint density at radius 1 is 1.20 bits per heavy atom. The molecule has 1 saturated carbocycles. The van der Waals surface area contributed by atoms with Crippen molar-refractivity contribution in [2.24, 2.45) is 11.8 Å². The molecule has 1 aromatic carbocycles. The fourth-order valence-corrected chi connectivity index (χ4v) is 4.02. The molecular weight excluding hydrogens is 465 g/mol. The number of hydrogen-bond acceptors (Lipinski definition) is 6. The van der Waals surface area contributed by atoms with Gasteiger partial charge in [0.25, 0.3) is 0 Å². The summed E-state index contributed by atoms with van der Waals surface area (Å²) in [5.41, 5.74) is -0.838. The van der Waals surface area contributed by atoms with Gasteiger partial charge in [-0.25, -0.2) is 0 Å². The van der Waals surface area contributed by atoms with Gasteiger partial charge in [-0.2, -0.15) is 13.2 Å². The highest BCUT2D eigenvalue weighted by Gasteiger charge is 2.39. The van der Waals surface area contributed by atoms with Crippen LogP contribution in [0.5, 0.6) is 5.75 Å². The first-order chi connectivity index (χ1) is 16.5. The van der Waals surface area contributed by atoms with Crippen LogP contribution in [0.1, 0.15) is 51.5 Å². The summed E-state index contributed by atoms with van der Waals surface area (Å²) in [4.78, 5) is 11.5. The Morgan fingerprint density at radius 3 is 2.63 bits per heavy atom. The Hall–Kier alpha value is -2.36. The van der Waals surface area contributed by atoms with Crippen LogP contribution in [-0.2, 0) is 15.7 Å². The Bertz CT molecular complexity index is 852. The molecular formula is C26H35F3O6. The van der Waals surface area contributed by atoms with E-state index < -0.39 is 30.1 Å². The molecule has 6 nitrogen and oxygen atoms in total. The van der Waals surface area contributed by atoms with Crippen molar-refractivity contribution in [1.82, 2.24) is 0 Å². The predicted octanol–water partition coefficient (Wildman–Crippen LogP) is 4.43. The van der Waals surface area contributed by atoms with Crippen LogP contribution in [0.4, 0.5) is 13.2 Å². The number of ether oxygens (including phenoxy) is 2. The third-order valence-electron chi connectivity index (χ3n) is 5.75. The number of aliphatic hydroxyl groups is 3. The molecule has 0 aromatic heterocycles. The van der Waals surface area contributed by atoms with E-state index in [2.05, 4.69) is 0 Å². The highest BCUT2D eigenvalue weighted by atomic mass is 19.4. The van der Waals surface area contributed by atoms with Crippen molar-refractivity contribution in [2.45, 2.75) is 76.5 Å². The minimum absolute atomic E-state index is 0.0101. The van der Waals surface area contributed by atoms with Crippen molar-refractivity contribution in [3.8, 4) is 5.75 Å². The fourth-order valence-electron chi connectivity index (χ4n) is 4.02. The summed E-state index contributed by atoms with van der Waals surface area (Å²) >= 11 is 0. The number of unbranched alkanes of at least 4 members (excludes halogenated alkanes) is 1. The summed E-state index contributed by atoms with van der Waals surface area (Å²) in [6.07, 6.45) is 2.09. The van der Waals surface area contributed by atoms with Gasteiger partial charge in [-0.3, -0.25) is 4.79 Å². The first-order valence-corrected chi connectivity index (χ1v) is 11.8. The molecule has 1 aliphatic carbocycles. The maximum Gasteiger partial charge on any atom is 0.416 e. The molecule has 0 bridgehead atoms. The number of esters is 1. The molecule has 0 radical (unpaired) electrons. The van der Waals surface area contributed by atoms with Gasteiger partial charge in [0.15, 0.2) is 0 Å². The van der Waals surface area contributed by atoms with E-state index in [0.717, 1.165) is 12.1 Å². The number of hydrogen-bond donors (Lipinski definition) is 3. The van der Waals surface area contributed by atoms with E-state index in [-0.39, 0.29) is 42.7 Å². The lowest BCUT2D eigenvalue weighted by molar-refractivity contribution is -0.147. The van der Waals surface area contributed by atoms with Crippen LogP contribution >= 0.6 is 0 Å². The van der Waals surface area contributed by atoms with Crippen LogP contribution in [-0.4, -0.2) is 52.3 Å². The summed E-state index contributed by atoms with van der Waals surface area (Å²) in [5.74, 6) is -0.883. The van der Waals surface area contributed by atoms with Crippen LogP contribution in [0.2, 0.25) is 0 Å². The van der Waals surface area contributed by atoms with Crippen LogP contribution in [0.3, 0.4) is 0 Å². The maximum atomic E-state index is 12.8. The Kier molecular flexibility index (Phi) is 11.3. The van der Waals surface area contributed by atoms with Crippen molar-refractivity contribution in [1.29, 1.82) is 0 Å². The molecule has 35 heavy (non-hydrogen) atoms. The molecule has 2 rings (SSSR count). The standard InChI is InChI=1S/C26H35F3O6/c1-17(2)35-25(33)11-6-4-3-5-10-21-22(24(32)15-23(21)31)13-12-19(30)16-34-20-9-7-8-18(14-20)26(27,28)29/h3,5,7-9,12-14,17,19,21-24,30-32H,4,6,10-11,15-16H2,1-2H3/b5-3+,13-12+/t19-,21-,22+,23-,24-/m0/s1. The second kappa shape index (κ2) is 13.7. The largest absolute Gasteiger partial charge is 0.491 e. The van der Waals surface area contributed by atoms with E-state index in [1.54, 1.807) is 19.9 Å². The average Bonchev–Trinajstić information content (AvgIpc) is 3.04. The molecule has 1 aliphatic rings. The molecule has 9 heteroatoms. The number of carbonyl (C=O) groups is 1. The van der Waals surface area contributed by atoms with Gasteiger partial charge in [0.05, 0.1) is 23.9 Å². The van der Waals surface area contributed by atoms with Crippen molar-refractivity contribution in [3.05, 3.63) is 54.1 Å². The molecule has 0 aliphatic heterocycles. The summed E-state index contributed by atoms with van der Waals surface area (Å²) in [6.45, 7) is 3.34. The lowest BCUT2D eigenvalue weighted by Crippen LogP contribution is -2.21. The van der Waals surface area contributed by atoms with Gasteiger partial charge in [-0.05, 0) is 57.2 Å². The van der Waals surface area contributed by atoms with E-state index in [0.29, 0.717) is 25.7 Å². The van der Waals surface area contributed by atoms with E-state index >= 15 is 0 Å². The highest BCUT2D eigenvalue weighted by Crippen LogP contribution is 2.36. The summed E-state index contributed by atoms with van der Waals surface area (Å²) in [6, 6.07) is 4.40. The lowest BCUT2D eigenvalue weighted by atomic mass is 9.89. The molecule has 1 aromatic rings. The second-order valence-corrected chi connectivity index (χ2v) is 9.04. The lowest BCUT2D eigenvalue weighted by Gasteiger charge is -2.19. The van der Waals surface area contributed by atoms with E-state index in [1.807, 2.05) is 12.2 Å². The molecule has 0 amide bonds. The molecule has 0 heterocycles. The molecule has 196 valence electrons. The summed E-state index contributed by atoms with van der Waals surface area (Å²) < 4.78 is 48.8. The quantitative estimate of drug-likeness (QED) is 0.223. The average molecular weight is 501 g/mol. The zero-order valence-electron chi connectivity index (χ0n) is 20.0. The monoisotopic (exact) mass is 500 g/mol. The molecule has 0 saturated heterocycles. The Balaban J connectivity index is 1.82. The van der Waals surface area contributed by atoms with Crippen LogP contribution in [0, 0.1) is 11.8 Å². The zero-order chi connectivity index (χ0) is 26.0. The van der Waals surface area contributed by atoms with Gasteiger partial charge in [-0.15, -0.1) is 0 Å². The minimum Gasteiger partial charge on any atom is -0.491 e. The maximum absolute atomic E-state index is 12.8. The summed E-state index contributed by atoms with van der Waals surface area (Å²) in [7, 11) is 0. The number of carbonyl (C=O) groups excluding carboxylic acids is 1. The molecule has 3 N–H and O–H groups in total. The van der Waals surface area contributed by atoms with Crippen molar-refractivity contribution < 1.29 is 42.8 Å². The number of benzene rings is 1. The number of allylic oxidation sites excluding steroid dienone is 2. The highest BCUT2D eigenvalue weighted by molar-refractivity contribution is 5.69. The van der Waals surface area contributed by atoms with Gasteiger partial charge < -0.3 is 24.8 Å². The van der Waals surface area contributed by atoms with Gasteiger partial charge in [0, 0.05) is 18.8 Å². The van der Waals surface area contributed by atoms with Gasteiger partial charge in [0.1, 0.15) is 18.5 Å². The third-order valence-corrected chi connectivity index (χ3v) is 5.75. The molecule has 5 atom stereocenters. The van der Waals surface area contributed by atoms with Gasteiger partial charge >= 0.3 is 12.1 Å². The number of halogens is 3. The molecule has 1 fully saturated rings. The van der Waals surface area contributed by atoms with Gasteiger partial charge in [0.2, 0.25) is 0 Å². The predicted molar refractivity (Wildman–Crippen MR) is 125 cm³/mol. The zero-order valence-corrected chi connectivity index (χ0v) is 20.0. The van der Waals surface area contributed by atoms with Crippen molar-refractivity contribution in [3.63, 3.8) is 0 Å². The topological polar surface area (TPSA) is 96.2 Å². The van der Waals surface area contributed by atoms with Gasteiger partial charge in [-0.1, -0.05) is 30.4 Å². The first-order valence-electron chi connectivity index (χ1n) is 11.8. The SMILES string of the molecule is CC(C)OC(=O)CCC/C=C/C[C@H]1[C@@H](/C=C/[C@H](O)COc2cccc(C(F)(F)F)c2)[C@@H](O)C[C@@H]1O. The van der Waals surface area contributed by atoms with Crippen LogP contribution < -0.4 is 4.74 Å². The summed E-state index contributed by atoms with van der Waals surface area (Å²) in [5, 5.41) is 30.8. The van der Waals surface area contributed by atoms with Crippen LogP contribution in [0.15, 0.2) is 48.6 Å². The smallest absolute Gasteiger partial charge is 0.416 e. The fraction of sp³-hybridized carbons (Fsp3) is 0.577. The molecule has 0 unspecified atom stereocenters. The third kappa shape index (κ3) is 10.0. The van der Waals surface area contributed by atoms with Crippen molar-refractivity contribution >= 4 is 5.97 Å². The Morgan fingerprint density at radius 2 is 1.94 bits per heavy atom. The van der Waals surface area contributed by atoms with E-state index in [1.165, 1.54) is 18.2 Å². The Labute approximate surface area is 204 Å². The second-order valence-electron chi connectivity index (χ2n) is 9.04.